The highest BCUT2D eigenvalue weighted by Gasteiger charge is 2.32. The van der Waals surface area contributed by atoms with Gasteiger partial charge in [-0.2, -0.15) is 0 Å². The molecule has 2 amide bonds. The summed E-state index contributed by atoms with van der Waals surface area (Å²) in [4.78, 5) is 40.5. The summed E-state index contributed by atoms with van der Waals surface area (Å²) in [5.41, 5.74) is 0.754. The van der Waals surface area contributed by atoms with Crippen molar-refractivity contribution in [2.24, 2.45) is 0 Å². The van der Waals surface area contributed by atoms with E-state index in [4.69, 9.17) is 27.9 Å². The molecule has 1 heterocycles. The molecule has 1 saturated heterocycles. The minimum Gasteiger partial charge on any atom is -0.467 e. The summed E-state index contributed by atoms with van der Waals surface area (Å²) in [6, 6.07) is 4.50. The van der Waals surface area contributed by atoms with Crippen LogP contribution in [0, 0.1) is 0 Å². The summed E-state index contributed by atoms with van der Waals surface area (Å²) in [7, 11) is 1.32. The van der Waals surface area contributed by atoms with Crippen molar-refractivity contribution >= 4 is 69.7 Å². The first kappa shape index (κ1) is 24.0. The molecule has 0 aliphatic carbocycles. The molecule has 0 aromatic heterocycles. The Kier molecular flexibility index (Phi) is 9.71. The topological polar surface area (TPSA) is 66.9 Å². The molecule has 0 N–H and O–H groups in total. The Morgan fingerprint density at radius 3 is 2.66 bits per heavy atom. The fraction of sp³-hybridized carbons (Fsp3) is 0.450. The van der Waals surface area contributed by atoms with Crippen molar-refractivity contribution in [3.05, 3.63) is 39.9 Å². The van der Waals surface area contributed by atoms with Crippen LogP contribution in [0.2, 0.25) is 10.0 Å². The van der Waals surface area contributed by atoms with Crippen LogP contribution < -0.4 is 0 Å². The van der Waals surface area contributed by atoms with E-state index < -0.39 is 12.0 Å². The predicted octanol–water partition coefficient (Wildman–Crippen LogP) is 3.82. The molecule has 1 aromatic rings. The van der Waals surface area contributed by atoms with Gasteiger partial charge >= 0.3 is 5.97 Å². The Hall–Kier alpha value is -1.32. The highest BCUT2D eigenvalue weighted by Crippen LogP contribution is 2.23. The van der Waals surface area contributed by atoms with Gasteiger partial charge in [-0.25, -0.2) is 4.79 Å². The van der Waals surface area contributed by atoms with Crippen LogP contribution in [0.4, 0.5) is 0 Å². The number of benzene rings is 1. The van der Waals surface area contributed by atoms with E-state index in [0.717, 1.165) is 16.4 Å². The van der Waals surface area contributed by atoms with E-state index in [-0.39, 0.29) is 18.2 Å². The summed E-state index contributed by atoms with van der Waals surface area (Å²) in [6.45, 7) is 0.959. The van der Waals surface area contributed by atoms with Crippen molar-refractivity contribution in [3.63, 3.8) is 0 Å². The minimum atomic E-state index is -0.607. The van der Waals surface area contributed by atoms with Gasteiger partial charge in [-0.3, -0.25) is 9.59 Å². The van der Waals surface area contributed by atoms with E-state index in [1.165, 1.54) is 13.2 Å². The van der Waals surface area contributed by atoms with E-state index >= 15 is 0 Å². The number of methoxy groups -OCH3 is 1. The summed E-state index contributed by atoms with van der Waals surface area (Å²) in [6.07, 6.45) is 4.63. The molecular weight excluding hydrogens is 530 g/mol. The van der Waals surface area contributed by atoms with Gasteiger partial charge in [0, 0.05) is 32.1 Å². The maximum absolute atomic E-state index is 12.6. The predicted molar refractivity (Wildman–Crippen MR) is 122 cm³/mol. The standard InChI is InChI=1S/C20H23Cl2IN2O4/c1-29-20(28)17(3-2-9-23)25-12-11-24(10-8-19(25)27)18(26)7-5-14-4-6-15(21)16(22)13-14/h4-7,13,17H,2-3,8-12H2,1H3/b7-5+. The molecule has 1 aromatic carbocycles. The van der Waals surface area contributed by atoms with Crippen molar-refractivity contribution in [2.45, 2.75) is 25.3 Å². The lowest BCUT2D eigenvalue weighted by Gasteiger charge is -2.28. The van der Waals surface area contributed by atoms with Gasteiger partial charge in [-0.15, -0.1) is 0 Å². The first-order valence-corrected chi connectivity index (χ1v) is 11.5. The number of ether oxygens (including phenoxy) is 1. The third kappa shape index (κ3) is 6.86. The van der Waals surface area contributed by atoms with Crippen LogP contribution in [-0.4, -0.2) is 64.8 Å². The number of esters is 1. The molecular formula is C20H23Cl2IN2O4. The van der Waals surface area contributed by atoms with Crippen molar-refractivity contribution in [3.8, 4) is 0 Å². The lowest BCUT2D eigenvalue weighted by Crippen LogP contribution is -2.46. The first-order valence-electron chi connectivity index (χ1n) is 9.22. The van der Waals surface area contributed by atoms with Crippen LogP contribution in [0.15, 0.2) is 24.3 Å². The van der Waals surface area contributed by atoms with Crippen molar-refractivity contribution in [1.29, 1.82) is 0 Å². The molecule has 9 heteroatoms. The van der Waals surface area contributed by atoms with Gasteiger partial charge in [-0.1, -0.05) is 51.9 Å². The van der Waals surface area contributed by atoms with E-state index in [1.807, 2.05) is 0 Å². The largest absolute Gasteiger partial charge is 0.467 e. The Morgan fingerprint density at radius 1 is 1.24 bits per heavy atom. The second-order valence-electron chi connectivity index (χ2n) is 6.54. The van der Waals surface area contributed by atoms with E-state index in [9.17, 15) is 14.4 Å². The number of hydrogen-bond acceptors (Lipinski definition) is 4. The number of carbonyl (C=O) groups excluding carboxylic acids is 3. The fourth-order valence-corrected chi connectivity index (χ4v) is 3.83. The Balaban J connectivity index is 2.05. The number of alkyl halides is 1. The Bertz CT molecular complexity index is 788. The molecule has 6 nitrogen and oxygen atoms in total. The molecule has 1 atom stereocenters. The zero-order valence-electron chi connectivity index (χ0n) is 16.1. The van der Waals surface area contributed by atoms with Gasteiger partial charge in [-0.05, 0) is 41.0 Å². The van der Waals surface area contributed by atoms with Crippen LogP contribution >= 0.6 is 45.8 Å². The van der Waals surface area contributed by atoms with Crippen LogP contribution in [0.3, 0.4) is 0 Å². The molecule has 0 radical (unpaired) electrons. The third-order valence-corrected chi connectivity index (χ3v) is 6.16. The first-order chi connectivity index (χ1) is 13.9. The quantitative estimate of drug-likeness (QED) is 0.223. The maximum Gasteiger partial charge on any atom is 0.328 e. The maximum atomic E-state index is 12.6. The number of carbonyl (C=O) groups is 3. The van der Waals surface area contributed by atoms with Gasteiger partial charge in [0.1, 0.15) is 6.04 Å². The molecule has 1 aliphatic rings. The zero-order chi connectivity index (χ0) is 21.4. The Labute approximate surface area is 194 Å². The van der Waals surface area contributed by atoms with E-state index in [2.05, 4.69) is 22.6 Å². The second kappa shape index (κ2) is 11.8. The van der Waals surface area contributed by atoms with Gasteiger partial charge in [0.15, 0.2) is 0 Å². The minimum absolute atomic E-state index is 0.141. The molecule has 29 heavy (non-hydrogen) atoms. The zero-order valence-corrected chi connectivity index (χ0v) is 19.7. The molecule has 1 aliphatic heterocycles. The normalized spacial score (nSPS) is 16.1. The Morgan fingerprint density at radius 2 is 2.00 bits per heavy atom. The van der Waals surface area contributed by atoms with E-state index in [1.54, 1.807) is 34.1 Å². The molecule has 2 rings (SSSR count). The van der Waals surface area contributed by atoms with Gasteiger partial charge < -0.3 is 14.5 Å². The van der Waals surface area contributed by atoms with Crippen molar-refractivity contribution < 1.29 is 19.1 Å². The molecule has 158 valence electrons. The number of amides is 2. The highest BCUT2D eigenvalue weighted by molar-refractivity contribution is 14.1. The number of nitrogens with zero attached hydrogens (tertiary/aromatic N) is 2. The van der Waals surface area contributed by atoms with Crippen molar-refractivity contribution in [2.75, 3.05) is 31.2 Å². The summed E-state index contributed by atoms with van der Waals surface area (Å²) >= 11 is 14.1. The van der Waals surface area contributed by atoms with Crippen LogP contribution in [0.5, 0.6) is 0 Å². The molecule has 0 bridgehead atoms. The van der Waals surface area contributed by atoms with Crippen LogP contribution in [0.1, 0.15) is 24.8 Å². The SMILES string of the molecule is COC(=O)C(CCCI)N1CCN(C(=O)/C=C/c2ccc(Cl)c(Cl)c2)CCC1=O. The van der Waals surface area contributed by atoms with Gasteiger partial charge in [0.05, 0.1) is 17.2 Å². The lowest BCUT2D eigenvalue weighted by molar-refractivity contribution is -0.152. The van der Waals surface area contributed by atoms with Crippen LogP contribution in [-0.2, 0) is 19.1 Å². The molecule has 1 unspecified atom stereocenters. The number of hydrogen-bond donors (Lipinski definition) is 0. The van der Waals surface area contributed by atoms with Gasteiger partial charge in [0.25, 0.3) is 0 Å². The summed E-state index contributed by atoms with van der Waals surface area (Å²) in [5, 5.41) is 0.863. The average molecular weight is 553 g/mol. The molecule has 0 spiro atoms. The average Bonchev–Trinajstić information content (AvgIpc) is 2.90. The number of halogens is 3. The highest BCUT2D eigenvalue weighted by atomic mass is 127. The van der Waals surface area contributed by atoms with Crippen LogP contribution in [0.25, 0.3) is 6.08 Å². The third-order valence-electron chi connectivity index (χ3n) is 4.66. The second-order valence-corrected chi connectivity index (χ2v) is 8.43. The monoisotopic (exact) mass is 552 g/mol. The molecule has 0 saturated carbocycles. The fourth-order valence-electron chi connectivity index (χ4n) is 3.09. The van der Waals surface area contributed by atoms with Gasteiger partial charge in [0.2, 0.25) is 11.8 Å². The summed E-state index contributed by atoms with van der Waals surface area (Å²) < 4.78 is 5.77. The number of rotatable bonds is 7. The summed E-state index contributed by atoms with van der Waals surface area (Å²) in [5.74, 6) is -0.757. The molecule has 1 fully saturated rings. The van der Waals surface area contributed by atoms with Crippen molar-refractivity contribution in [1.82, 2.24) is 9.80 Å². The lowest BCUT2D eigenvalue weighted by atomic mass is 10.1. The van der Waals surface area contributed by atoms with E-state index in [0.29, 0.717) is 36.1 Å². The smallest absolute Gasteiger partial charge is 0.328 e.